The van der Waals surface area contributed by atoms with Crippen LogP contribution in [0.4, 0.5) is 0 Å². The van der Waals surface area contributed by atoms with E-state index in [0.717, 1.165) is 12.1 Å². The van der Waals surface area contributed by atoms with Gasteiger partial charge in [-0.1, -0.05) is 12.1 Å². The van der Waals surface area contributed by atoms with Crippen LogP contribution >= 0.6 is 0 Å². The maximum atomic E-state index is 14.6. The van der Waals surface area contributed by atoms with Crippen molar-refractivity contribution in [3.8, 4) is 40.1 Å². The summed E-state index contributed by atoms with van der Waals surface area (Å²) in [5, 5.41) is 138. The van der Waals surface area contributed by atoms with Crippen molar-refractivity contribution >= 4 is 23.0 Å². The Labute approximate surface area is 360 Å². The third-order valence-corrected chi connectivity index (χ3v) is 11.1. The second-order valence-corrected chi connectivity index (χ2v) is 15.4. The molecule has 0 amide bonds. The number of aromatic hydroxyl groups is 3. The molecule has 22 nitrogen and oxygen atoms in total. The fraction of sp³-hybridized carbons (Fsp3) is 0.429. The van der Waals surface area contributed by atoms with Gasteiger partial charge in [-0.15, -0.1) is 0 Å². The van der Waals surface area contributed by atoms with Gasteiger partial charge in [-0.05, 0) is 55.0 Å². The van der Waals surface area contributed by atoms with Crippen LogP contribution in [0.25, 0.3) is 28.4 Å². The zero-order valence-corrected chi connectivity index (χ0v) is 33.4. The molecule has 0 radical (unpaired) electrons. The Hall–Kier alpha value is -5.44. The van der Waals surface area contributed by atoms with Crippen LogP contribution < -0.4 is 14.9 Å². The third kappa shape index (κ3) is 9.09. The van der Waals surface area contributed by atoms with Crippen molar-refractivity contribution in [2.45, 2.75) is 98.9 Å². The average molecular weight is 903 g/mol. The summed E-state index contributed by atoms with van der Waals surface area (Å²) in [5.41, 5.74) is -1.88. The second kappa shape index (κ2) is 19.0. The number of aliphatic hydroxyl groups is 10. The van der Waals surface area contributed by atoms with Crippen LogP contribution in [-0.2, 0) is 23.7 Å². The van der Waals surface area contributed by atoms with Gasteiger partial charge in [0.05, 0.1) is 18.3 Å². The predicted octanol–water partition coefficient (Wildman–Crippen LogP) is -2.26. The maximum Gasteiger partial charge on any atom is 0.330 e. The van der Waals surface area contributed by atoms with Crippen LogP contribution in [0.3, 0.4) is 0 Å². The van der Waals surface area contributed by atoms with Gasteiger partial charge in [0.25, 0.3) is 0 Å². The molecule has 3 aliphatic rings. The second-order valence-electron chi connectivity index (χ2n) is 15.4. The van der Waals surface area contributed by atoms with Gasteiger partial charge in [-0.25, -0.2) is 4.79 Å². The van der Waals surface area contributed by atoms with Gasteiger partial charge < -0.3 is 99.2 Å². The third-order valence-electron chi connectivity index (χ3n) is 11.1. The van der Waals surface area contributed by atoms with Crippen LogP contribution in [0.5, 0.6) is 28.7 Å². The molecule has 22 heteroatoms. The van der Waals surface area contributed by atoms with Gasteiger partial charge in [-0.2, -0.15) is 0 Å². The summed E-state index contributed by atoms with van der Waals surface area (Å²) in [6, 6.07) is 11.7. The first kappa shape index (κ1) is 46.5. The Morgan fingerprint density at radius 3 is 1.91 bits per heavy atom. The molecule has 4 aromatic rings. The summed E-state index contributed by atoms with van der Waals surface area (Å²) < 4.78 is 40.1. The van der Waals surface area contributed by atoms with Gasteiger partial charge in [-0.3, -0.25) is 4.79 Å². The van der Waals surface area contributed by atoms with E-state index in [2.05, 4.69) is 0 Å². The lowest BCUT2D eigenvalue weighted by atomic mass is 9.89. The first-order chi connectivity index (χ1) is 30.4. The van der Waals surface area contributed by atoms with Crippen molar-refractivity contribution in [2.75, 3.05) is 13.2 Å². The minimum Gasteiger partial charge on any atom is -0.508 e. The molecule has 4 heterocycles. The Kier molecular flexibility index (Phi) is 13.8. The van der Waals surface area contributed by atoms with Crippen molar-refractivity contribution in [3.05, 3.63) is 82.0 Å². The van der Waals surface area contributed by atoms with E-state index in [9.17, 15) is 76.0 Å². The van der Waals surface area contributed by atoms with Crippen LogP contribution in [-0.4, -0.2) is 171 Å². The van der Waals surface area contributed by atoms with E-state index in [-0.39, 0.29) is 17.1 Å². The number of carbonyl (C=O) groups excluding carboxylic acids is 1. The van der Waals surface area contributed by atoms with E-state index in [0.29, 0.717) is 5.56 Å². The number of ether oxygens (including phenoxy) is 6. The number of esters is 1. The molecular weight excluding hydrogens is 856 g/mol. The van der Waals surface area contributed by atoms with E-state index in [4.69, 9.17) is 32.8 Å². The minimum atomic E-state index is -2.14. The monoisotopic (exact) mass is 902 g/mol. The van der Waals surface area contributed by atoms with Crippen molar-refractivity contribution < 1.29 is 104 Å². The number of fused-ring (bicyclic) bond motifs is 1. The molecular formula is C42H46O22. The Morgan fingerprint density at radius 2 is 1.27 bits per heavy atom. The van der Waals surface area contributed by atoms with Gasteiger partial charge in [0, 0.05) is 17.7 Å². The van der Waals surface area contributed by atoms with E-state index >= 15 is 0 Å². The topological polar surface area (TPSA) is 366 Å². The Bertz CT molecular complexity index is 2370. The van der Waals surface area contributed by atoms with Crippen molar-refractivity contribution in [1.29, 1.82) is 0 Å². The van der Waals surface area contributed by atoms with Gasteiger partial charge in [0.1, 0.15) is 114 Å². The van der Waals surface area contributed by atoms with E-state index in [1.54, 1.807) is 0 Å². The number of carbonyl (C=O) groups is 1. The Balaban J connectivity index is 1.31. The molecule has 1 aromatic heterocycles. The molecule has 0 bridgehead atoms. The lowest BCUT2D eigenvalue weighted by molar-refractivity contribution is -0.279. The molecule has 0 aliphatic carbocycles. The molecule has 346 valence electrons. The summed E-state index contributed by atoms with van der Waals surface area (Å²) in [7, 11) is 0. The summed E-state index contributed by atoms with van der Waals surface area (Å²) in [5.74, 6) is -4.10. The highest BCUT2D eigenvalue weighted by atomic mass is 16.7. The highest BCUT2D eigenvalue weighted by Gasteiger charge is 2.49. The lowest BCUT2D eigenvalue weighted by Crippen LogP contribution is -2.60. The largest absolute Gasteiger partial charge is 0.508 e. The molecule has 3 aliphatic heterocycles. The molecule has 13 N–H and O–H groups in total. The maximum absolute atomic E-state index is 14.6. The van der Waals surface area contributed by atoms with Gasteiger partial charge in [0.15, 0.2) is 5.76 Å². The standard InChI is InChI=1S/C42H46O22/c1-15-27(47)32(52)36(56)41(59-15)64-40-31(51)25-20(60-38(40)17-5-9-19(45)10-6-17)12-21(26(30(25)50)39-35(55)33(53)28(48)22(13-43)61-39)62-42-37(57)34(54)29(49)23(63-42)14-58-24(46)11-4-16-2-7-18(44)8-3-16/h2-12,15,22-23,27-29,32-37,39,41-45,47-50,52-57H,13-14H2,1H3/b11-4+/t15-,22-,23-,27-,28-,29-,32+,33+,34+,35-,36+,37-,39+,41-,42-/m1/s1. The number of aliphatic hydroxyl groups excluding tert-OH is 10. The van der Waals surface area contributed by atoms with Crippen LogP contribution in [0.15, 0.2) is 69.9 Å². The number of hydrogen-bond acceptors (Lipinski definition) is 22. The summed E-state index contributed by atoms with van der Waals surface area (Å²) in [4.78, 5) is 27.2. The highest BCUT2D eigenvalue weighted by Crippen LogP contribution is 2.47. The molecule has 0 spiro atoms. The molecule has 3 fully saturated rings. The minimum absolute atomic E-state index is 0.00584. The van der Waals surface area contributed by atoms with Crippen molar-refractivity contribution in [1.82, 2.24) is 0 Å². The lowest BCUT2D eigenvalue weighted by Gasteiger charge is -2.42. The van der Waals surface area contributed by atoms with Crippen LogP contribution in [0.2, 0.25) is 0 Å². The van der Waals surface area contributed by atoms with Gasteiger partial charge in [0.2, 0.25) is 23.8 Å². The van der Waals surface area contributed by atoms with Gasteiger partial charge >= 0.3 is 5.97 Å². The highest BCUT2D eigenvalue weighted by molar-refractivity contribution is 5.90. The normalized spacial score (nSPS) is 33.3. The van der Waals surface area contributed by atoms with Crippen LogP contribution in [0.1, 0.15) is 24.2 Å². The van der Waals surface area contributed by atoms with Crippen molar-refractivity contribution in [2.24, 2.45) is 0 Å². The zero-order chi connectivity index (χ0) is 46.3. The molecule has 7 rings (SSSR count). The smallest absolute Gasteiger partial charge is 0.330 e. The average Bonchev–Trinajstić information content (AvgIpc) is 3.27. The summed E-state index contributed by atoms with van der Waals surface area (Å²) in [6.45, 7) is -0.322. The molecule has 0 saturated carbocycles. The fourth-order valence-electron chi connectivity index (χ4n) is 7.40. The Morgan fingerprint density at radius 1 is 0.688 bits per heavy atom. The summed E-state index contributed by atoms with van der Waals surface area (Å²) in [6.07, 6.45) is -25.3. The number of phenolic OH excluding ortho intramolecular Hbond substituents is 3. The molecule has 3 saturated heterocycles. The molecule has 15 atom stereocenters. The van der Waals surface area contributed by atoms with E-state index in [1.807, 2.05) is 0 Å². The molecule has 64 heavy (non-hydrogen) atoms. The SMILES string of the molecule is C[C@H]1O[C@H](Oc2c(-c3ccc(O)cc3)oc3cc(O[C@@H]4O[C@H](COC(=O)/C=C/c5ccc(O)cc5)[C@@H](O)[C@H](O)[C@H]4O)c([C@@H]4O[C@H](CO)[C@@H](O)[C@H](O)[C@H]4O)c(O)c3c2=O)[C@@H](O)[C@@H](O)[C@@H]1O. The number of phenols is 3. The first-order valence-corrected chi connectivity index (χ1v) is 19.7. The number of hydrogen-bond donors (Lipinski definition) is 13. The predicted molar refractivity (Wildman–Crippen MR) is 212 cm³/mol. The van der Waals surface area contributed by atoms with Crippen molar-refractivity contribution in [3.63, 3.8) is 0 Å². The molecule has 0 unspecified atom stereocenters. The number of rotatable bonds is 11. The fourth-order valence-corrected chi connectivity index (χ4v) is 7.40. The number of benzene rings is 3. The first-order valence-electron chi connectivity index (χ1n) is 19.7. The quantitative estimate of drug-likeness (QED) is 0.0558. The molecule has 3 aromatic carbocycles. The van der Waals surface area contributed by atoms with Crippen LogP contribution in [0, 0.1) is 0 Å². The zero-order valence-electron chi connectivity index (χ0n) is 33.4. The van der Waals surface area contributed by atoms with E-state index < -0.39 is 156 Å². The van der Waals surface area contributed by atoms with E-state index in [1.165, 1.54) is 61.5 Å². The summed E-state index contributed by atoms with van der Waals surface area (Å²) >= 11 is 0.